The van der Waals surface area contributed by atoms with Crippen LogP contribution in [0.2, 0.25) is 0 Å². The number of carbonyl (C=O) groups is 5. The Hall–Kier alpha value is -4.80. The number of nitrogens with one attached hydrogen (secondary N) is 2. The molecule has 0 radical (unpaired) electrons. The molecular weight excluding hydrogens is 638 g/mol. The van der Waals surface area contributed by atoms with Crippen molar-refractivity contribution in [1.29, 1.82) is 0 Å². The van der Waals surface area contributed by atoms with Gasteiger partial charge >= 0.3 is 11.9 Å². The van der Waals surface area contributed by atoms with Gasteiger partial charge in [0.05, 0.1) is 7.05 Å². The summed E-state index contributed by atoms with van der Waals surface area (Å²) < 4.78 is 6.87. The third-order valence-electron chi connectivity index (χ3n) is 6.71. The summed E-state index contributed by atoms with van der Waals surface area (Å²) in [6.45, 7) is 2.05. The summed E-state index contributed by atoms with van der Waals surface area (Å²) in [5, 5.41) is 36.8. The highest BCUT2D eigenvalue weighted by Gasteiger charge is 2.55. The fraction of sp³-hybridized carbons (Fsp3) is 0.435. The third kappa shape index (κ3) is 6.52. The lowest BCUT2D eigenvalue weighted by Crippen LogP contribution is -2.71. The molecule has 0 saturated carbocycles. The number of carboxylic acids is 2. The van der Waals surface area contributed by atoms with Gasteiger partial charge < -0.3 is 48.0 Å². The normalized spacial score (nSPS) is 19.0. The number of amides is 3. The third-order valence-corrected chi connectivity index (χ3v) is 8.59. The molecular formula is C23H30N11O9S2+. The number of aliphatic carboxylic acids is 2. The van der Waals surface area contributed by atoms with Crippen LogP contribution >= 0.6 is 23.3 Å². The van der Waals surface area contributed by atoms with Crippen LogP contribution in [-0.4, -0.2) is 105 Å². The minimum Gasteiger partial charge on any atom is -0.478 e. The average Bonchev–Trinajstić information content (AvgIpc) is 3.52. The van der Waals surface area contributed by atoms with Gasteiger partial charge in [-0.15, -0.1) is 21.1 Å². The maximum atomic E-state index is 13.2. The maximum absolute atomic E-state index is 13.2. The highest BCUT2D eigenvalue weighted by molar-refractivity contribution is 8.00. The van der Waals surface area contributed by atoms with Crippen molar-refractivity contribution in [2.45, 2.75) is 43.5 Å². The van der Waals surface area contributed by atoms with E-state index in [9.17, 15) is 39.3 Å². The molecule has 0 bridgehead atoms. The molecule has 0 aliphatic carbocycles. The molecule has 11 N–H and O–H groups in total. The first-order chi connectivity index (χ1) is 21.1. The fourth-order valence-electron chi connectivity index (χ4n) is 4.11. The molecule has 22 heteroatoms. The molecule has 2 aliphatic heterocycles. The summed E-state index contributed by atoms with van der Waals surface area (Å²) >= 11 is 1.93. The van der Waals surface area contributed by atoms with E-state index in [1.807, 2.05) is 0 Å². The second-order valence-electron chi connectivity index (χ2n) is 10.2. The minimum absolute atomic E-state index is 0.0130. The Balaban J connectivity index is 1.55. The van der Waals surface area contributed by atoms with Crippen LogP contribution in [0.4, 0.5) is 16.6 Å². The first-order valence-corrected chi connectivity index (χ1v) is 14.7. The zero-order valence-corrected chi connectivity index (χ0v) is 25.6. The van der Waals surface area contributed by atoms with E-state index in [4.69, 9.17) is 22.0 Å². The molecule has 3 amide bonds. The Labute approximate surface area is 262 Å². The number of nitrogen functional groups attached to an aromatic ring is 2. The topological polar surface area (TPSA) is 308 Å². The number of thioether (sulfide) groups is 1. The summed E-state index contributed by atoms with van der Waals surface area (Å²) in [5.41, 5.74) is 14.8. The van der Waals surface area contributed by atoms with Gasteiger partial charge in [-0.1, -0.05) is 5.16 Å². The van der Waals surface area contributed by atoms with Gasteiger partial charge in [-0.25, -0.2) is 9.59 Å². The van der Waals surface area contributed by atoms with Crippen molar-refractivity contribution in [3.05, 3.63) is 23.3 Å². The lowest BCUT2D eigenvalue weighted by Gasteiger charge is -2.49. The molecule has 1 saturated heterocycles. The highest BCUT2D eigenvalue weighted by atomic mass is 32.2. The number of carboxylic acid groups (broad SMARTS) is 2. The number of β-lactam (4-membered cyclic amide) rings is 1. The van der Waals surface area contributed by atoms with E-state index in [2.05, 4.69) is 25.1 Å². The van der Waals surface area contributed by atoms with E-state index in [-0.39, 0.29) is 47.0 Å². The molecule has 2 aromatic heterocycles. The number of oxime groups is 1. The van der Waals surface area contributed by atoms with E-state index in [0.29, 0.717) is 5.57 Å². The predicted octanol–water partition coefficient (Wildman–Crippen LogP) is -3.39. The fourth-order valence-corrected chi connectivity index (χ4v) is 5.88. The van der Waals surface area contributed by atoms with Crippen LogP contribution in [0.1, 0.15) is 19.7 Å². The second kappa shape index (κ2) is 12.7. The SMILES string of the molecule is Cn1c(N)c(NC(=O)C(O)CN)c[n+]1CC1=C(C(=O)O)N2C(=O)[C@@H](NC(=O)/C(=N\OC(C)(C)C(=O)O)c3nsc(N)n3)[C@H]2SC1. The van der Waals surface area contributed by atoms with Crippen molar-refractivity contribution in [2.75, 3.05) is 29.1 Å². The second-order valence-corrected chi connectivity index (χ2v) is 12.1. The van der Waals surface area contributed by atoms with Gasteiger partial charge in [-0.3, -0.25) is 19.3 Å². The summed E-state index contributed by atoms with van der Waals surface area (Å²) in [5.74, 6) is -5.26. The molecule has 4 rings (SSSR count). The lowest BCUT2D eigenvalue weighted by atomic mass is 10.0. The number of aromatic nitrogens is 4. The van der Waals surface area contributed by atoms with E-state index < -0.39 is 58.5 Å². The van der Waals surface area contributed by atoms with Gasteiger partial charge in [0.2, 0.25) is 23.3 Å². The number of nitrogens with two attached hydrogens (primary N) is 3. The average molecular weight is 669 g/mol. The summed E-state index contributed by atoms with van der Waals surface area (Å²) in [4.78, 5) is 72.3. The number of anilines is 3. The number of carbonyl (C=O) groups excluding carboxylic acids is 3. The molecule has 0 spiro atoms. The first-order valence-electron chi connectivity index (χ1n) is 12.9. The Morgan fingerprint density at radius 1 is 1.29 bits per heavy atom. The molecule has 1 fully saturated rings. The number of aliphatic hydroxyl groups excluding tert-OH is 1. The van der Waals surface area contributed by atoms with Crippen LogP contribution < -0.4 is 32.5 Å². The van der Waals surface area contributed by atoms with Crippen LogP contribution in [-0.2, 0) is 42.4 Å². The quantitative estimate of drug-likeness (QED) is 0.0473. The van der Waals surface area contributed by atoms with Crippen molar-refractivity contribution in [3.8, 4) is 0 Å². The number of rotatable bonds is 12. The van der Waals surface area contributed by atoms with Crippen molar-refractivity contribution in [1.82, 2.24) is 24.3 Å². The predicted molar refractivity (Wildman–Crippen MR) is 157 cm³/mol. The van der Waals surface area contributed by atoms with Crippen LogP contribution in [0.15, 0.2) is 22.6 Å². The molecule has 20 nitrogen and oxygen atoms in total. The molecule has 4 heterocycles. The van der Waals surface area contributed by atoms with Crippen molar-refractivity contribution in [3.63, 3.8) is 0 Å². The van der Waals surface area contributed by atoms with Gasteiger partial charge in [0.1, 0.15) is 23.2 Å². The molecule has 3 atom stereocenters. The van der Waals surface area contributed by atoms with Crippen molar-refractivity contribution >= 4 is 75.3 Å². The molecule has 242 valence electrons. The number of hydrogen-bond donors (Lipinski definition) is 8. The number of hydrogen-bond acceptors (Lipinski definition) is 15. The van der Waals surface area contributed by atoms with Crippen LogP contribution in [0.5, 0.6) is 0 Å². The molecule has 2 aliphatic rings. The molecule has 2 aromatic rings. The Morgan fingerprint density at radius 3 is 2.56 bits per heavy atom. The Kier molecular flexibility index (Phi) is 9.32. The smallest absolute Gasteiger partial charge is 0.352 e. The van der Waals surface area contributed by atoms with E-state index in [1.54, 1.807) is 7.05 Å². The van der Waals surface area contributed by atoms with Gasteiger partial charge in [0.15, 0.2) is 23.2 Å². The van der Waals surface area contributed by atoms with Crippen molar-refractivity contribution in [2.24, 2.45) is 17.9 Å². The summed E-state index contributed by atoms with van der Waals surface area (Å²) in [6, 6.07) is -1.18. The zero-order valence-electron chi connectivity index (χ0n) is 24.0. The monoisotopic (exact) mass is 668 g/mol. The molecule has 0 aromatic carbocycles. The van der Waals surface area contributed by atoms with Gasteiger partial charge in [0.25, 0.3) is 17.7 Å². The van der Waals surface area contributed by atoms with Gasteiger partial charge in [-0.05, 0) is 13.8 Å². The van der Waals surface area contributed by atoms with Gasteiger partial charge in [0, 0.05) is 29.4 Å². The van der Waals surface area contributed by atoms with E-state index >= 15 is 0 Å². The number of fused-ring (bicyclic) bond motifs is 1. The standard InChI is InChI=1S/C23H29N11O9S2/c1-23(2,21(41)42)43-30-11(15-29-22(26)45-31-15)17(37)28-12-18(38)34-13(20(39)40)8(7-44-19(12)34)5-33-6-9(14(25)32(33)3)27-16(36)10(35)4-24/h6,10,12,19,25,35H,4-5,7,24H2,1-3H3,(H6,26,27,28,29,31,36,37,39,40,41,42)/p+1/b30-11-/t10?,12-,19-/m1/s1. The molecule has 1 unspecified atom stereocenters. The first kappa shape index (κ1) is 33.1. The Bertz CT molecular complexity index is 1630. The van der Waals surface area contributed by atoms with Crippen LogP contribution in [0, 0.1) is 0 Å². The van der Waals surface area contributed by atoms with E-state index in [1.165, 1.54) is 41.2 Å². The number of nitrogens with zero attached hydrogens (tertiary/aromatic N) is 6. The largest absolute Gasteiger partial charge is 0.478 e. The summed E-state index contributed by atoms with van der Waals surface area (Å²) in [7, 11) is 1.57. The number of aliphatic hydroxyl groups is 1. The van der Waals surface area contributed by atoms with Gasteiger partial charge in [-0.2, -0.15) is 9.36 Å². The Morgan fingerprint density at radius 2 is 1.98 bits per heavy atom. The van der Waals surface area contributed by atoms with Crippen LogP contribution in [0.25, 0.3) is 0 Å². The lowest BCUT2D eigenvalue weighted by molar-refractivity contribution is -0.765. The van der Waals surface area contributed by atoms with Crippen molar-refractivity contribution < 1.29 is 48.8 Å². The molecule has 45 heavy (non-hydrogen) atoms. The van der Waals surface area contributed by atoms with E-state index in [0.717, 1.165) is 16.4 Å². The maximum Gasteiger partial charge on any atom is 0.352 e. The highest BCUT2D eigenvalue weighted by Crippen LogP contribution is 2.40. The van der Waals surface area contributed by atoms with Crippen LogP contribution in [0.3, 0.4) is 0 Å². The zero-order chi connectivity index (χ0) is 33.4. The minimum atomic E-state index is -1.83. The summed E-state index contributed by atoms with van der Waals surface area (Å²) in [6.07, 6.45) is -0.0200.